The van der Waals surface area contributed by atoms with Crippen molar-refractivity contribution in [3.8, 4) is 0 Å². The lowest BCUT2D eigenvalue weighted by Gasteiger charge is -2.18. The number of carbonyl (C=O) groups excluding carboxylic acids is 3. The van der Waals surface area contributed by atoms with Crippen LogP contribution in [0.25, 0.3) is 10.8 Å². The molecule has 2 aromatic rings. The molecular weight excluding hydrogens is 246 g/mol. The Labute approximate surface area is 107 Å². The van der Waals surface area contributed by atoms with Crippen LogP contribution in [-0.2, 0) is 0 Å². The summed E-state index contributed by atoms with van der Waals surface area (Å²) in [6.07, 6.45) is 0. The van der Waals surface area contributed by atoms with Gasteiger partial charge >= 0.3 is 0 Å². The zero-order valence-corrected chi connectivity index (χ0v) is 9.77. The first kappa shape index (κ1) is 11.6. The lowest BCUT2D eigenvalue weighted by Crippen LogP contribution is -2.36. The van der Waals surface area contributed by atoms with Crippen LogP contribution in [0.4, 0.5) is 0 Å². The summed E-state index contributed by atoms with van der Waals surface area (Å²) in [5.74, 6) is -1.63. The number of ketones is 1. The maximum atomic E-state index is 12.0. The molecule has 0 radical (unpaired) electrons. The molecule has 3 rings (SSSR count). The first-order chi connectivity index (χ1) is 9.13. The molecule has 0 saturated carbocycles. The zero-order chi connectivity index (χ0) is 13.6. The van der Waals surface area contributed by atoms with E-state index >= 15 is 0 Å². The molecule has 0 fully saturated rings. The van der Waals surface area contributed by atoms with Crippen LogP contribution in [0.3, 0.4) is 0 Å². The largest absolute Gasteiger partial charge is 0.388 e. The number of aliphatic hydroxyl groups is 1. The van der Waals surface area contributed by atoms with Gasteiger partial charge in [-0.05, 0) is 17.5 Å². The molecule has 1 aliphatic heterocycles. The van der Waals surface area contributed by atoms with Gasteiger partial charge < -0.3 is 5.11 Å². The molecule has 0 atom stereocenters. The Morgan fingerprint density at radius 2 is 1.89 bits per heavy atom. The van der Waals surface area contributed by atoms with Crippen molar-refractivity contribution in [2.75, 3.05) is 6.61 Å². The van der Waals surface area contributed by atoms with Gasteiger partial charge in [0.15, 0.2) is 5.78 Å². The van der Waals surface area contributed by atoms with E-state index in [1.165, 1.54) is 6.07 Å². The highest BCUT2D eigenvalue weighted by atomic mass is 16.3. The Kier molecular flexibility index (Phi) is 2.43. The number of nitrogens with one attached hydrogen (secondary N) is 1. The average Bonchev–Trinajstić information content (AvgIpc) is 2.43. The molecule has 5 nitrogen and oxygen atoms in total. The number of hydrogen-bond donors (Lipinski definition) is 2. The van der Waals surface area contributed by atoms with Crippen molar-refractivity contribution < 1.29 is 19.5 Å². The summed E-state index contributed by atoms with van der Waals surface area (Å²) >= 11 is 0. The summed E-state index contributed by atoms with van der Waals surface area (Å²) in [5, 5.41) is 12.3. The maximum absolute atomic E-state index is 12.0. The summed E-state index contributed by atoms with van der Waals surface area (Å²) < 4.78 is 0. The van der Waals surface area contributed by atoms with E-state index < -0.39 is 24.2 Å². The van der Waals surface area contributed by atoms with Gasteiger partial charge in [-0.25, -0.2) is 0 Å². The maximum Gasteiger partial charge on any atom is 0.259 e. The molecule has 0 bridgehead atoms. The third-order valence-corrected chi connectivity index (χ3v) is 3.19. The van der Waals surface area contributed by atoms with Crippen molar-refractivity contribution in [3.63, 3.8) is 0 Å². The minimum atomic E-state index is -0.679. The van der Waals surface area contributed by atoms with Crippen LogP contribution in [-0.4, -0.2) is 29.3 Å². The van der Waals surface area contributed by atoms with Crippen molar-refractivity contribution in [2.45, 2.75) is 0 Å². The molecule has 0 aromatic heterocycles. The highest BCUT2D eigenvalue weighted by molar-refractivity contribution is 6.28. The van der Waals surface area contributed by atoms with Crippen LogP contribution in [0.1, 0.15) is 31.1 Å². The molecular formula is C14H9NO4. The molecule has 0 aliphatic carbocycles. The first-order valence-electron chi connectivity index (χ1n) is 5.69. The number of amides is 2. The van der Waals surface area contributed by atoms with Crippen molar-refractivity contribution in [3.05, 3.63) is 47.0 Å². The van der Waals surface area contributed by atoms with Crippen LogP contribution in [0.2, 0.25) is 0 Å². The summed E-state index contributed by atoms with van der Waals surface area (Å²) in [6, 6.07) is 8.24. The Hall–Kier alpha value is -2.53. The van der Waals surface area contributed by atoms with E-state index in [9.17, 15) is 14.4 Å². The third-order valence-electron chi connectivity index (χ3n) is 3.19. The quantitative estimate of drug-likeness (QED) is 0.617. The molecule has 1 aliphatic rings. The Balaban J connectivity index is 2.47. The summed E-state index contributed by atoms with van der Waals surface area (Å²) in [7, 11) is 0. The molecule has 2 amide bonds. The topological polar surface area (TPSA) is 83.5 Å². The molecule has 0 spiro atoms. The second kappa shape index (κ2) is 4.00. The lowest BCUT2D eigenvalue weighted by atomic mass is 9.90. The molecule has 5 heteroatoms. The molecule has 0 unspecified atom stereocenters. The van der Waals surface area contributed by atoms with Crippen LogP contribution in [0, 0.1) is 0 Å². The standard InChI is InChI=1S/C14H9NO4/c16-6-10(17)8-5-4-7-2-1-3-9-11(7)12(8)14(19)15-13(9)18/h1-5,16H,6H2,(H,15,18,19). The highest BCUT2D eigenvalue weighted by Gasteiger charge is 2.28. The van der Waals surface area contributed by atoms with Gasteiger partial charge in [0.25, 0.3) is 11.8 Å². The molecule has 19 heavy (non-hydrogen) atoms. The predicted molar refractivity (Wildman–Crippen MR) is 67.2 cm³/mol. The van der Waals surface area contributed by atoms with E-state index in [4.69, 9.17) is 5.11 Å². The van der Waals surface area contributed by atoms with Gasteiger partial charge in [-0.15, -0.1) is 0 Å². The summed E-state index contributed by atoms with van der Waals surface area (Å²) in [5.41, 5.74) is 0.652. The molecule has 2 aromatic carbocycles. The molecule has 1 heterocycles. The van der Waals surface area contributed by atoms with E-state index in [0.29, 0.717) is 16.3 Å². The van der Waals surface area contributed by atoms with Gasteiger partial charge in [0, 0.05) is 16.5 Å². The van der Waals surface area contributed by atoms with E-state index in [-0.39, 0.29) is 11.1 Å². The number of aliphatic hydroxyl groups excluding tert-OH is 1. The monoisotopic (exact) mass is 255 g/mol. The number of hydrogen-bond acceptors (Lipinski definition) is 4. The number of Topliss-reactive ketones (excluding diaryl/α,β-unsaturated/α-hetero) is 1. The van der Waals surface area contributed by atoms with Crippen molar-refractivity contribution >= 4 is 28.4 Å². The lowest BCUT2D eigenvalue weighted by molar-refractivity contribution is 0.0831. The fourth-order valence-electron chi connectivity index (χ4n) is 2.35. The minimum absolute atomic E-state index is 0.132. The van der Waals surface area contributed by atoms with E-state index in [0.717, 1.165) is 0 Å². The molecule has 0 saturated heterocycles. The third kappa shape index (κ3) is 1.56. The van der Waals surface area contributed by atoms with E-state index in [1.54, 1.807) is 24.3 Å². The van der Waals surface area contributed by atoms with Crippen molar-refractivity contribution in [2.24, 2.45) is 0 Å². The van der Waals surface area contributed by atoms with Gasteiger partial charge in [0.2, 0.25) is 0 Å². The van der Waals surface area contributed by atoms with Gasteiger partial charge in [0.05, 0.1) is 5.56 Å². The number of benzene rings is 2. The minimum Gasteiger partial charge on any atom is -0.388 e. The predicted octanol–water partition coefficient (Wildman–Crippen LogP) is 0.898. The smallest absolute Gasteiger partial charge is 0.259 e. The van der Waals surface area contributed by atoms with Crippen LogP contribution in [0.5, 0.6) is 0 Å². The van der Waals surface area contributed by atoms with Gasteiger partial charge in [-0.2, -0.15) is 0 Å². The van der Waals surface area contributed by atoms with Crippen LogP contribution in [0.15, 0.2) is 30.3 Å². The van der Waals surface area contributed by atoms with Crippen molar-refractivity contribution in [1.82, 2.24) is 5.32 Å². The van der Waals surface area contributed by atoms with Gasteiger partial charge in [0.1, 0.15) is 6.61 Å². The Bertz CT molecular complexity index is 748. The average molecular weight is 255 g/mol. The normalized spacial score (nSPS) is 13.5. The zero-order valence-electron chi connectivity index (χ0n) is 9.77. The number of imide groups is 1. The van der Waals surface area contributed by atoms with Crippen molar-refractivity contribution in [1.29, 1.82) is 0 Å². The van der Waals surface area contributed by atoms with E-state index in [2.05, 4.69) is 5.32 Å². The Morgan fingerprint density at radius 3 is 2.63 bits per heavy atom. The van der Waals surface area contributed by atoms with Gasteiger partial charge in [-0.3, -0.25) is 19.7 Å². The fourth-order valence-corrected chi connectivity index (χ4v) is 2.35. The summed E-state index contributed by atoms with van der Waals surface area (Å²) in [4.78, 5) is 35.4. The second-order valence-corrected chi connectivity index (χ2v) is 4.26. The fraction of sp³-hybridized carbons (Fsp3) is 0.0714. The molecule has 94 valence electrons. The van der Waals surface area contributed by atoms with E-state index in [1.807, 2.05) is 0 Å². The molecule has 2 N–H and O–H groups in total. The first-order valence-corrected chi connectivity index (χ1v) is 5.69. The number of rotatable bonds is 2. The summed E-state index contributed by atoms with van der Waals surface area (Å²) in [6.45, 7) is -0.679. The SMILES string of the molecule is O=C(CO)c1ccc2cccc3c2c1C(=O)NC3=O. The second-order valence-electron chi connectivity index (χ2n) is 4.26. The number of carbonyl (C=O) groups is 3. The van der Waals surface area contributed by atoms with Gasteiger partial charge in [-0.1, -0.05) is 18.2 Å². The Morgan fingerprint density at radius 1 is 1.11 bits per heavy atom. The van der Waals surface area contributed by atoms with Crippen LogP contribution < -0.4 is 5.32 Å². The highest BCUT2D eigenvalue weighted by Crippen LogP contribution is 2.29. The van der Waals surface area contributed by atoms with Crippen LogP contribution >= 0.6 is 0 Å².